The quantitative estimate of drug-likeness (QED) is 0.577. The lowest BCUT2D eigenvalue weighted by atomic mass is 9.93. The molecule has 4 heteroatoms. The molecule has 1 aliphatic carbocycles. The molecule has 2 aromatic rings. The molecule has 4 nitrogen and oxygen atoms in total. The third-order valence-electron chi connectivity index (χ3n) is 6.05. The first-order valence-electron chi connectivity index (χ1n) is 10.6. The topological polar surface area (TPSA) is 32.8 Å². The Morgan fingerprint density at radius 1 is 0.931 bits per heavy atom. The predicted octanol–water partition coefficient (Wildman–Crippen LogP) is 3.61. The normalized spacial score (nSPS) is 18.2. The zero-order valence-electron chi connectivity index (χ0n) is 17.2. The van der Waals surface area contributed by atoms with Gasteiger partial charge in [0.05, 0.1) is 6.04 Å². The summed E-state index contributed by atoms with van der Waals surface area (Å²) in [4.78, 5) is 15.9. The highest BCUT2D eigenvalue weighted by Gasteiger charge is 2.30. The summed E-state index contributed by atoms with van der Waals surface area (Å²) in [6.45, 7) is 6.95. The number of benzene rings is 2. The monoisotopic (exact) mass is 390 g/mol. The summed E-state index contributed by atoms with van der Waals surface area (Å²) in [7, 11) is 0. The summed E-state index contributed by atoms with van der Waals surface area (Å²) in [5.41, 5.74) is 5.94. The Morgan fingerprint density at radius 2 is 1.52 bits per heavy atom. The number of fused-ring (bicyclic) bond motifs is 2. The highest BCUT2D eigenvalue weighted by molar-refractivity contribution is 5.66. The van der Waals surface area contributed by atoms with Crippen LogP contribution in [0.1, 0.15) is 35.2 Å². The second-order valence-electron chi connectivity index (χ2n) is 7.91. The second kappa shape index (κ2) is 9.38. The Morgan fingerprint density at radius 3 is 2.10 bits per heavy atom. The van der Waals surface area contributed by atoms with Gasteiger partial charge < -0.3 is 4.74 Å². The van der Waals surface area contributed by atoms with Crippen LogP contribution in [0, 0.1) is 0 Å². The lowest BCUT2D eigenvalue weighted by Crippen LogP contribution is -2.47. The zero-order chi connectivity index (χ0) is 20.1. The van der Waals surface area contributed by atoms with Crippen molar-refractivity contribution < 1.29 is 9.53 Å². The minimum Gasteiger partial charge on any atom is -0.462 e. The van der Waals surface area contributed by atoms with Gasteiger partial charge in [0.2, 0.25) is 0 Å². The number of rotatable bonds is 5. The van der Waals surface area contributed by atoms with Crippen molar-refractivity contribution in [3.63, 3.8) is 0 Å². The molecule has 0 saturated carbocycles. The van der Waals surface area contributed by atoms with Crippen LogP contribution < -0.4 is 0 Å². The Kier molecular flexibility index (Phi) is 6.43. The van der Waals surface area contributed by atoms with Gasteiger partial charge in [0.25, 0.3) is 0 Å². The summed E-state index contributed by atoms with van der Waals surface area (Å²) >= 11 is 0. The number of hydrogen-bond donors (Lipinski definition) is 0. The number of nitrogens with zero attached hydrogens (tertiary/aromatic N) is 2. The molecular weight excluding hydrogens is 360 g/mol. The maximum atomic E-state index is 10.8. The average Bonchev–Trinajstić information content (AvgIpc) is 2.91. The lowest BCUT2D eigenvalue weighted by molar-refractivity contribution is -0.139. The summed E-state index contributed by atoms with van der Waals surface area (Å²) in [6, 6.07) is 18.3. The minimum atomic E-state index is -0.229. The Balaban J connectivity index is 1.45. The van der Waals surface area contributed by atoms with E-state index in [9.17, 15) is 4.79 Å². The van der Waals surface area contributed by atoms with Crippen molar-refractivity contribution in [3.05, 3.63) is 82.9 Å². The Hall–Kier alpha value is -2.43. The molecule has 29 heavy (non-hydrogen) atoms. The number of carbonyl (C=O) groups is 1. The molecular formula is C25H30N2O2. The summed E-state index contributed by atoms with van der Waals surface area (Å²) in [6.07, 6.45) is 6.29. The first kappa shape index (κ1) is 19.9. The molecule has 1 heterocycles. The lowest BCUT2D eigenvalue weighted by Gasteiger charge is -2.40. The van der Waals surface area contributed by atoms with E-state index in [1.54, 1.807) is 0 Å². The van der Waals surface area contributed by atoms with E-state index in [1.165, 1.54) is 29.2 Å². The van der Waals surface area contributed by atoms with Gasteiger partial charge >= 0.3 is 5.97 Å². The van der Waals surface area contributed by atoms with Crippen LogP contribution in [0.3, 0.4) is 0 Å². The van der Waals surface area contributed by atoms with Crippen LogP contribution >= 0.6 is 0 Å². The molecule has 1 saturated heterocycles. The van der Waals surface area contributed by atoms with E-state index in [0.717, 1.165) is 45.6 Å². The molecule has 0 N–H and O–H groups in total. The van der Waals surface area contributed by atoms with Gasteiger partial charge in [0.15, 0.2) is 0 Å². The molecule has 4 rings (SSSR count). The Bertz CT molecular complexity index is 821. The molecule has 0 atom stereocenters. The van der Waals surface area contributed by atoms with Crippen molar-refractivity contribution in [1.29, 1.82) is 0 Å². The van der Waals surface area contributed by atoms with Crippen molar-refractivity contribution >= 4 is 5.97 Å². The standard InChI is InChI=1S/C25H30N2O2/c1-20(28)29-19-7-6-14-26-15-17-27(18-16-26)25-23-10-4-2-8-21(23)12-13-22-9-3-5-11-24(22)25/h2-11,25H,12-19H2,1H3/b7-6+. The first-order chi connectivity index (χ1) is 14.2. The zero-order valence-corrected chi connectivity index (χ0v) is 17.2. The molecule has 0 unspecified atom stereocenters. The number of hydrogen-bond acceptors (Lipinski definition) is 4. The molecule has 0 radical (unpaired) electrons. The summed E-state index contributed by atoms with van der Waals surface area (Å²) < 4.78 is 4.95. The van der Waals surface area contributed by atoms with Crippen LogP contribution in [0.4, 0.5) is 0 Å². The fourth-order valence-corrected chi connectivity index (χ4v) is 4.55. The first-order valence-corrected chi connectivity index (χ1v) is 10.6. The largest absolute Gasteiger partial charge is 0.462 e. The van der Waals surface area contributed by atoms with E-state index >= 15 is 0 Å². The third-order valence-corrected chi connectivity index (χ3v) is 6.05. The van der Waals surface area contributed by atoms with Gasteiger partial charge in [-0.1, -0.05) is 54.6 Å². The van der Waals surface area contributed by atoms with E-state index in [0.29, 0.717) is 12.6 Å². The highest BCUT2D eigenvalue weighted by atomic mass is 16.5. The molecule has 0 bridgehead atoms. The molecule has 0 aromatic heterocycles. The van der Waals surface area contributed by atoms with Crippen molar-refractivity contribution in [1.82, 2.24) is 9.80 Å². The molecule has 1 fully saturated rings. The molecule has 0 spiro atoms. The van der Waals surface area contributed by atoms with E-state index in [-0.39, 0.29) is 5.97 Å². The molecule has 2 aromatic carbocycles. The predicted molar refractivity (Wildman–Crippen MR) is 116 cm³/mol. The second-order valence-corrected chi connectivity index (χ2v) is 7.91. The molecule has 152 valence electrons. The maximum absolute atomic E-state index is 10.8. The SMILES string of the molecule is CC(=O)OC/C=C/CN1CCN(C2c3ccccc3CCc3ccccc32)CC1. The van der Waals surface area contributed by atoms with Gasteiger partial charge in [-0.3, -0.25) is 14.6 Å². The van der Waals surface area contributed by atoms with Crippen LogP contribution in [-0.2, 0) is 22.4 Å². The number of piperazine rings is 1. The van der Waals surface area contributed by atoms with E-state index < -0.39 is 0 Å². The van der Waals surface area contributed by atoms with Gasteiger partial charge in [0, 0.05) is 39.6 Å². The number of carbonyl (C=O) groups excluding carboxylic acids is 1. The smallest absolute Gasteiger partial charge is 0.302 e. The maximum Gasteiger partial charge on any atom is 0.302 e. The van der Waals surface area contributed by atoms with Crippen molar-refractivity contribution in [2.75, 3.05) is 39.3 Å². The van der Waals surface area contributed by atoms with E-state index in [1.807, 2.05) is 6.08 Å². The molecule has 0 amide bonds. The Labute approximate surface area is 173 Å². The van der Waals surface area contributed by atoms with Crippen LogP contribution in [-0.4, -0.2) is 55.1 Å². The van der Waals surface area contributed by atoms with Crippen molar-refractivity contribution in [2.45, 2.75) is 25.8 Å². The van der Waals surface area contributed by atoms with Gasteiger partial charge in [-0.25, -0.2) is 0 Å². The van der Waals surface area contributed by atoms with E-state index in [4.69, 9.17) is 4.74 Å². The molecule has 1 aliphatic heterocycles. The third kappa shape index (κ3) is 4.77. The number of aryl methyl sites for hydroxylation is 2. The van der Waals surface area contributed by atoms with Gasteiger partial charge in [0.1, 0.15) is 6.61 Å². The number of esters is 1. The van der Waals surface area contributed by atoms with Crippen molar-refractivity contribution in [3.8, 4) is 0 Å². The average molecular weight is 391 g/mol. The van der Waals surface area contributed by atoms with Crippen molar-refractivity contribution in [2.24, 2.45) is 0 Å². The summed E-state index contributed by atoms with van der Waals surface area (Å²) in [5, 5.41) is 0. The van der Waals surface area contributed by atoms with E-state index in [2.05, 4.69) is 64.4 Å². The van der Waals surface area contributed by atoms with Crippen LogP contribution in [0.5, 0.6) is 0 Å². The molecule has 2 aliphatic rings. The fourth-order valence-electron chi connectivity index (χ4n) is 4.55. The minimum absolute atomic E-state index is 0.229. The van der Waals surface area contributed by atoms with Crippen LogP contribution in [0.25, 0.3) is 0 Å². The van der Waals surface area contributed by atoms with Crippen LogP contribution in [0.2, 0.25) is 0 Å². The van der Waals surface area contributed by atoms with Gasteiger partial charge in [-0.2, -0.15) is 0 Å². The highest BCUT2D eigenvalue weighted by Crippen LogP contribution is 2.37. The number of ether oxygens (including phenoxy) is 1. The fraction of sp³-hybridized carbons (Fsp3) is 0.400. The van der Waals surface area contributed by atoms with Crippen LogP contribution in [0.15, 0.2) is 60.7 Å². The van der Waals surface area contributed by atoms with Gasteiger partial charge in [-0.15, -0.1) is 0 Å². The van der Waals surface area contributed by atoms with Gasteiger partial charge in [-0.05, 0) is 41.2 Å². The summed E-state index contributed by atoms with van der Waals surface area (Å²) in [5.74, 6) is -0.229.